The van der Waals surface area contributed by atoms with Crippen LogP contribution in [-0.4, -0.2) is 101 Å². The Morgan fingerprint density at radius 2 is 1.70 bits per heavy atom. The third-order valence-corrected chi connectivity index (χ3v) is 17.8. The smallest absolute Gasteiger partial charge is 0.320 e. The standard InChI is InChI=1S/C41H64N2O7/c1-24-19-26(21-42-16-6-7-27(42)36(46)47)49-34-33(24)38(4)14-15-41-23-40(41)13-12-30(37(2,3)28(40)10-11-29(41)39(38,5)35(34)45)50-32-22-43(17-18-48-32)31(44)20-25-8-9-25/h24-30,32-35,45H,6-23H2,1-5H3,(H,46,47)/t24-,26?,27-,28+,29?,30+,32+,33+,34?,35+,38-,39-,40-,41?/m1/s1. The van der Waals surface area contributed by atoms with Crippen LogP contribution in [0.3, 0.4) is 0 Å². The SMILES string of the molecule is C[C@@H]1CC(CN2CCC[C@@H]2C(=O)O)OC2[C@H]1[C@@]1(C)CCC34C[C@@]35CC[C@H](O[C@H]3CN(C(=O)CC6CC6)CCO3)C(C)(C)[C@@H]5CCC4[C@]1(C)[C@H]2O. The number of hydrogen-bond acceptors (Lipinski definition) is 7. The van der Waals surface area contributed by atoms with E-state index in [4.69, 9.17) is 14.2 Å². The van der Waals surface area contributed by atoms with E-state index in [0.29, 0.717) is 74.1 Å². The first-order valence-electron chi connectivity index (χ1n) is 20.6. The molecule has 280 valence electrons. The molecule has 0 radical (unpaired) electrons. The summed E-state index contributed by atoms with van der Waals surface area (Å²) in [5.41, 5.74) is 0.407. The summed E-state index contributed by atoms with van der Waals surface area (Å²) in [4.78, 5) is 29.0. The minimum atomic E-state index is -0.719. The molecule has 0 aromatic carbocycles. The van der Waals surface area contributed by atoms with Gasteiger partial charge in [0.05, 0.1) is 37.6 Å². The number of rotatable bonds is 7. The van der Waals surface area contributed by atoms with E-state index in [1.54, 1.807) is 0 Å². The Bertz CT molecular complexity index is 1390. The summed E-state index contributed by atoms with van der Waals surface area (Å²) >= 11 is 0. The predicted octanol–water partition coefficient (Wildman–Crippen LogP) is 5.72. The number of fused-ring (bicyclic) bond motifs is 4. The zero-order valence-corrected chi connectivity index (χ0v) is 31.4. The fraction of sp³-hybridized carbons (Fsp3) is 0.951. The summed E-state index contributed by atoms with van der Waals surface area (Å²) in [5.74, 6) is 1.96. The van der Waals surface area contributed by atoms with Crippen LogP contribution in [0, 0.1) is 56.7 Å². The van der Waals surface area contributed by atoms with Gasteiger partial charge in [-0.25, -0.2) is 0 Å². The fourth-order valence-electron chi connectivity index (χ4n) is 15.1. The molecule has 6 saturated carbocycles. The first-order valence-corrected chi connectivity index (χ1v) is 20.6. The van der Waals surface area contributed by atoms with Gasteiger partial charge in [-0.05, 0) is 135 Å². The third-order valence-electron chi connectivity index (χ3n) is 17.8. The number of nitrogens with zero attached hydrogens (tertiary/aromatic N) is 2. The molecule has 3 aliphatic heterocycles. The summed E-state index contributed by atoms with van der Waals surface area (Å²) in [5, 5.41) is 22.4. The Morgan fingerprint density at radius 3 is 2.46 bits per heavy atom. The summed E-state index contributed by atoms with van der Waals surface area (Å²) in [6.07, 6.45) is 12.9. The van der Waals surface area contributed by atoms with Gasteiger partial charge in [-0.2, -0.15) is 0 Å². The number of morpholine rings is 1. The molecule has 3 saturated heterocycles. The van der Waals surface area contributed by atoms with Crippen LogP contribution >= 0.6 is 0 Å². The molecule has 50 heavy (non-hydrogen) atoms. The van der Waals surface area contributed by atoms with E-state index in [1.807, 2.05) is 4.90 Å². The Balaban J connectivity index is 0.914. The van der Waals surface area contributed by atoms with Gasteiger partial charge in [0.1, 0.15) is 6.04 Å². The van der Waals surface area contributed by atoms with Crippen molar-refractivity contribution in [1.29, 1.82) is 0 Å². The lowest BCUT2D eigenvalue weighted by Crippen LogP contribution is -2.60. The Hall–Kier alpha value is -1.26. The molecule has 6 aliphatic carbocycles. The predicted molar refractivity (Wildman–Crippen MR) is 187 cm³/mol. The summed E-state index contributed by atoms with van der Waals surface area (Å²) in [6.45, 7) is 15.5. The minimum absolute atomic E-state index is 0.00848. The third kappa shape index (κ3) is 4.73. The van der Waals surface area contributed by atoms with Crippen LogP contribution in [0.2, 0.25) is 0 Å². The van der Waals surface area contributed by atoms with Crippen molar-refractivity contribution >= 4 is 11.9 Å². The van der Waals surface area contributed by atoms with Gasteiger partial charge in [-0.1, -0.05) is 34.6 Å². The van der Waals surface area contributed by atoms with Crippen molar-refractivity contribution in [2.75, 3.05) is 32.8 Å². The highest BCUT2D eigenvalue weighted by Gasteiger charge is 2.84. The lowest BCUT2D eigenvalue weighted by molar-refractivity contribution is -0.248. The minimum Gasteiger partial charge on any atom is -0.480 e. The van der Waals surface area contributed by atoms with Gasteiger partial charge in [0, 0.05) is 24.9 Å². The van der Waals surface area contributed by atoms with E-state index in [2.05, 4.69) is 39.5 Å². The van der Waals surface area contributed by atoms with Crippen LogP contribution in [0.15, 0.2) is 0 Å². The largest absolute Gasteiger partial charge is 0.480 e. The van der Waals surface area contributed by atoms with Crippen molar-refractivity contribution in [3.05, 3.63) is 0 Å². The molecule has 9 fully saturated rings. The topological polar surface area (TPSA) is 109 Å². The number of amides is 1. The van der Waals surface area contributed by atoms with E-state index >= 15 is 0 Å². The van der Waals surface area contributed by atoms with E-state index in [1.165, 1.54) is 38.5 Å². The number of aliphatic carboxylic acids is 1. The van der Waals surface area contributed by atoms with Gasteiger partial charge >= 0.3 is 5.97 Å². The van der Waals surface area contributed by atoms with Crippen molar-refractivity contribution < 1.29 is 34.0 Å². The van der Waals surface area contributed by atoms with Crippen LogP contribution < -0.4 is 0 Å². The number of aliphatic hydroxyl groups is 1. The fourth-order valence-corrected chi connectivity index (χ4v) is 15.1. The number of aliphatic hydroxyl groups excluding tert-OH is 1. The van der Waals surface area contributed by atoms with Crippen molar-refractivity contribution in [2.24, 2.45) is 56.7 Å². The van der Waals surface area contributed by atoms with Crippen molar-refractivity contribution in [3.8, 4) is 0 Å². The molecule has 9 aliphatic rings. The lowest BCUT2D eigenvalue weighted by Gasteiger charge is -2.64. The van der Waals surface area contributed by atoms with Gasteiger partial charge in [-0.15, -0.1) is 0 Å². The molecule has 0 bridgehead atoms. The number of carboxylic acid groups (broad SMARTS) is 1. The van der Waals surface area contributed by atoms with Crippen LogP contribution in [0.25, 0.3) is 0 Å². The second-order valence-electron chi connectivity index (χ2n) is 20.0. The first-order chi connectivity index (χ1) is 23.7. The highest BCUT2D eigenvalue weighted by Crippen LogP contribution is 2.89. The number of ether oxygens (including phenoxy) is 3. The number of carbonyl (C=O) groups is 2. The van der Waals surface area contributed by atoms with Crippen LogP contribution in [0.1, 0.15) is 118 Å². The molecule has 1 amide bonds. The molecule has 2 spiro atoms. The maximum atomic E-state index is 12.9. The average Bonchev–Trinajstić information content (AvgIpc) is 3.95. The maximum absolute atomic E-state index is 12.9. The molecule has 9 heteroatoms. The Labute approximate surface area is 299 Å². The van der Waals surface area contributed by atoms with Gasteiger partial charge in [0.15, 0.2) is 6.29 Å². The molecule has 4 unspecified atom stereocenters. The van der Waals surface area contributed by atoms with E-state index in [-0.39, 0.29) is 52.2 Å². The van der Waals surface area contributed by atoms with Crippen LogP contribution in [-0.2, 0) is 23.8 Å². The monoisotopic (exact) mass is 696 g/mol. The van der Waals surface area contributed by atoms with E-state index in [9.17, 15) is 19.8 Å². The Kier molecular flexibility index (Phi) is 8.02. The maximum Gasteiger partial charge on any atom is 0.320 e. The zero-order valence-electron chi connectivity index (χ0n) is 31.4. The number of hydrogen-bond donors (Lipinski definition) is 2. The number of carbonyl (C=O) groups excluding carboxylic acids is 1. The molecule has 3 heterocycles. The molecule has 14 atom stereocenters. The summed E-state index contributed by atoms with van der Waals surface area (Å²) in [6, 6.07) is -0.408. The van der Waals surface area contributed by atoms with Gasteiger partial charge in [0.2, 0.25) is 5.91 Å². The molecule has 2 N–H and O–H groups in total. The van der Waals surface area contributed by atoms with E-state index in [0.717, 1.165) is 38.6 Å². The molecule has 0 aromatic heterocycles. The van der Waals surface area contributed by atoms with Crippen molar-refractivity contribution in [2.45, 2.75) is 155 Å². The quantitative estimate of drug-likeness (QED) is 0.348. The van der Waals surface area contributed by atoms with Crippen molar-refractivity contribution in [1.82, 2.24) is 9.80 Å². The summed E-state index contributed by atoms with van der Waals surface area (Å²) in [7, 11) is 0. The first kappa shape index (κ1) is 34.5. The van der Waals surface area contributed by atoms with Gasteiger partial charge in [-0.3, -0.25) is 14.5 Å². The molecular formula is C41H64N2O7. The second kappa shape index (κ2) is 11.6. The normalized spacial score (nSPS) is 52.3. The summed E-state index contributed by atoms with van der Waals surface area (Å²) < 4.78 is 20.0. The number of likely N-dealkylation sites (tertiary alicyclic amines) is 1. The number of carboxylic acids is 1. The molecule has 9 nitrogen and oxygen atoms in total. The van der Waals surface area contributed by atoms with Crippen LogP contribution in [0.4, 0.5) is 0 Å². The Morgan fingerprint density at radius 1 is 0.940 bits per heavy atom. The van der Waals surface area contributed by atoms with Gasteiger partial charge in [0.25, 0.3) is 0 Å². The average molecular weight is 697 g/mol. The zero-order chi connectivity index (χ0) is 35.0. The molecular weight excluding hydrogens is 632 g/mol. The molecule has 9 rings (SSSR count). The highest BCUT2D eigenvalue weighted by atomic mass is 16.7. The molecule has 0 aromatic rings. The van der Waals surface area contributed by atoms with Crippen LogP contribution in [0.5, 0.6) is 0 Å². The van der Waals surface area contributed by atoms with E-state index < -0.39 is 18.1 Å². The lowest BCUT2D eigenvalue weighted by atomic mass is 9.41. The second-order valence-corrected chi connectivity index (χ2v) is 20.0. The van der Waals surface area contributed by atoms with Crippen molar-refractivity contribution in [3.63, 3.8) is 0 Å². The van der Waals surface area contributed by atoms with Gasteiger partial charge < -0.3 is 29.3 Å². The highest BCUT2D eigenvalue weighted by molar-refractivity contribution is 5.76.